The molecule has 0 spiro atoms. The standard InChI is InChI=1S/C18H14N4/c1-12-10-22-16(9-19)8-17(12)18-7-15(11-21-13(18)2)14-3-5-20-6-4-14/h3-8,10-11H,1-2H3. The van der Waals surface area contributed by atoms with E-state index in [2.05, 4.69) is 27.1 Å². The SMILES string of the molecule is Cc1cnc(C#N)cc1-c1cc(-c2ccncc2)cnc1C. The first kappa shape index (κ1) is 13.9. The Balaban J connectivity index is 2.18. The maximum atomic E-state index is 9.07. The lowest BCUT2D eigenvalue weighted by Crippen LogP contribution is -1.94. The van der Waals surface area contributed by atoms with Crippen LogP contribution >= 0.6 is 0 Å². The molecule has 0 aliphatic carbocycles. The van der Waals surface area contributed by atoms with Crippen molar-refractivity contribution >= 4 is 0 Å². The highest BCUT2D eigenvalue weighted by molar-refractivity contribution is 5.75. The van der Waals surface area contributed by atoms with Crippen molar-refractivity contribution in [2.45, 2.75) is 13.8 Å². The van der Waals surface area contributed by atoms with Crippen LogP contribution in [0.3, 0.4) is 0 Å². The van der Waals surface area contributed by atoms with Crippen molar-refractivity contribution in [3.8, 4) is 28.3 Å². The first-order chi connectivity index (χ1) is 10.7. The summed E-state index contributed by atoms with van der Waals surface area (Å²) in [5, 5.41) is 9.07. The van der Waals surface area contributed by atoms with Gasteiger partial charge in [-0.25, -0.2) is 4.98 Å². The van der Waals surface area contributed by atoms with Gasteiger partial charge in [-0.1, -0.05) is 0 Å². The largest absolute Gasteiger partial charge is 0.265 e. The fraction of sp³-hybridized carbons (Fsp3) is 0.111. The van der Waals surface area contributed by atoms with Crippen LogP contribution in [0.15, 0.2) is 49.1 Å². The summed E-state index contributed by atoms with van der Waals surface area (Å²) in [6, 6.07) is 9.91. The molecule has 4 nitrogen and oxygen atoms in total. The number of hydrogen-bond acceptors (Lipinski definition) is 4. The number of pyridine rings is 3. The van der Waals surface area contributed by atoms with Crippen molar-refractivity contribution in [3.63, 3.8) is 0 Å². The van der Waals surface area contributed by atoms with Gasteiger partial charge in [0.25, 0.3) is 0 Å². The van der Waals surface area contributed by atoms with Gasteiger partial charge >= 0.3 is 0 Å². The molecule has 0 aliphatic heterocycles. The van der Waals surface area contributed by atoms with E-state index in [-0.39, 0.29) is 0 Å². The minimum absolute atomic E-state index is 0.411. The number of hydrogen-bond donors (Lipinski definition) is 0. The molecule has 0 saturated carbocycles. The molecule has 4 heteroatoms. The molecule has 0 N–H and O–H groups in total. The van der Waals surface area contributed by atoms with Gasteiger partial charge in [0.15, 0.2) is 0 Å². The summed E-state index contributed by atoms with van der Waals surface area (Å²) in [6.07, 6.45) is 7.11. The van der Waals surface area contributed by atoms with Crippen LogP contribution in [0, 0.1) is 25.2 Å². The molecule has 0 atom stereocenters. The number of aryl methyl sites for hydroxylation is 2. The Morgan fingerprint density at radius 2 is 1.68 bits per heavy atom. The van der Waals surface area contributed by atoms with E-state index in [0.29, 0.717) is 5.69 Å². The van der Waals surface area contributed by atoms with Crippen LogP contribution < -0.4 is 0 Å². The van der Waals surface area contributed by atoms with Crippen LogP contribution in [0.1, 0.15) is 17.0 Å². The summed E-state index contributed by atoms with van der Waals surface area (Å²) in [6.45, 7) is 3.96. The Bertz CT molecular complexity index is 864. The monoisotopic (exact) mass is 286 g/mol. The van der Waals surface area contributed by atoms with Crippen molar-refractivity contribution in [3.05, 3.63) is 66.0 Å². The second-order valence-electron chi connectivity index (χ2n) is 5.09. The van der Waals surface area contributed by atoms with E-state index < -0.39 is 0 Å². The lowest BCUT2D eigenvalue weighted by atomic mass is 9.97. The Morgan fingerprint density at radius 3 is 2.41 bits per heavy atom. The van der Waals surface area contributed by atoms with Gasteiger partial charge in [-0.15, -0.1) is 0 Å². The molecule has 3 rings (SSSR count). The topological polar surface area (TPSA) is 62.5 Å². The molecule has 0 aliphatic rings. The van der Waals surface area contributed by atoms with Gasteiger partial charge in [0.1, 0.15) is 11.8 Å². The average Bonchev–Trinajstić information content (AvgIpc) is 2.57. The highest BCUT2D eigenvalue weighted by atomic mass is 14.7. The predicted molar refractivity (Wildman–Crippen MR) is 84.9 cm³/mol. The van der Waals surface area contributed by atoms with E-state index in [4.69, 9.17) is 5.26 Å². The molecule has 0 radical (unpaired) electrons. The average molecular weight is 286 g/mol. The second kappa shape index (κ2) is 5.74. The summed E-state index contributed by atoms with van der Waals surface area (Å²) in [7, 11) is 0. The summed E-state index contributed by atoms with van der Waals surface area (Å²) in [5.74, 6) is 0. The molecule has 0 aromatic carbocycles. The van der Waals surface area contributed by atoms with Crippen LogP contribution in [0.5, 0.6) is 0 Å². The van der Waals surface area contributed by atoms with Gasteiger partial charge in [0, 0.05) is 41.6 Å². The maximum Gasteiger partial charge on any atom is 0.141 e. The summed E-state index contributed by atoms with van der Waals surface area (Å²) in [5.41, 5.74) is 6.47. The van der Waals surface area contributed by atoms with E-state index >= 15 is 0 Å². The van der Waals surface area contributed by atoms with E-state index in [1.165, 1.54) is 0 Å². The van der Waals surface area contributed by atoms with Gasteiger partial charge in [-0.2, -0.15) is 5.26 Å². The fourth-order valence-electron chi connectivity index (χ4n) is 2.38. The molecule has 0 amide bonds. The zero-order valence-electron chi connectivity index (χ0n) is 12.4. The van der Waals surface area contributed by atoms with Gasteiger partial charge in [0.2, 0.25) is 0 Å². The van der Waals surface area contributed by atoms with E-state index in [0.717, 1.165) is 33.5 Å². The molecule has 0 unspecified atom stereocenters. The third kappa shape index (κ3) is 2.57. The molecular weight excluding hydrogens is 272 g/mol. The third-order valence-corrected chi connectivity index (χ3v) is 3.61. The molecule has 0 fully saturated rings. The Kier molecular flexibility index (Phi) is 3.63. The maximum absolute atomic E-state index is 9.07. The van der Waals surface area contributed by atoms with Crippen LogP contribution in [0.25, 0.3) is 22.3 Å². The van der Waals surface area contributed by atoms with Crippen molar-refractivity contribution in [1.29, 1.82) is 5.26 Å². The highest BCUT2D eigenvalue weighted by Gasteiger charge is 2.10. The van der Waals surface area contributed by atoms with Gasteiger partial charge in [-0.05, 0) is 54.8 Å². The van der Waals surface area contributed by atoms with Gasteiger partial charge in [0.05, 0.1) is 0 Å². The van der Waals surface area contributed by atoms with Crippen LogP contribution in [0.4, 0.5) is 0 Å². The van der Waals surface area contributed by atoms with Crippen molar-refractivity contribution < 1.29 is 0 Å². The van der Waals surface area contributed by atoms with Crippen LogP contribution in [-0.4, -0.2) is 15.0 Å². The normalized spacial score (nSPS) is 10.2. The van der Waals surface area contributed by atoms with E-state index in [9.17, 15) is 0 Å². The number of rotatable bonds is 2. The second-order valence-corrected chi connectivity index (χ2v) is 5.09. The lowest BCUT2D eigenvalue weighted by Gasteiger charge is -2.11. The first-order valence-electron chi connectivity index (χ1n) is 6.93. The summed E-state index contributed by atoms with van der Waals surface area (Å²) in [4.78, 5) is 12.6. The van der Waals surface area contributed by atoms with Crippen LogP contribution in [0.2, 0.25) is 0 Å². The van der Waals surface area contributed by atoms with Crippen molar-refractivity contribution in [2.75, 3.05) is 0 Å². The number of nitriles is 1. The van der Waals surface area contributed by atoms with Crippen LogP contribution in [-0.2, 0) is 0 Å². The Hall–Kier alpha value is -3.06. The Morgan fingerprint density at radius 1 is 0.909 bits per heavy atom. The fourth-order valence-corrected chi connectivity index (χ4v) is 2.38. The molecule has 3 heterocycles. The third-order valence-electron chi connectivity index (χ3n) is 3.61. The quantitative estimate of drug-likeness (QED) is 0.720. The zero-order chi connectivity index (χ0) is 15.5. The smallest absolute Gasteiger partial charge is 0.141 e. The Labute approximate surface area is 129 Å². The van der Waals surface area contributed by atoms with Crippen molar-refractivity contribution in [1.82, 2.24) is 15.0 Å². The molecule has 106 valence electrons. The van der Waals surface area contributed by atoms with Gasteiger partial charge < -0.3 is 0 Å². The predicted octanol–water partition coefficient (Wildman–Crippen LogP) is 3.69. The number of nitrogens with zero attached hydrogens (tertiary/aromatic N) is 4. The van der Waals surface area contributed by atoms with E-state index in [1.54, 1.807) is 18.6 Å². The number of aromatic nitrogens is 3. The molecule has 3 aromatic heterocycles. The molecular formula is C18H14N4. The lowest BCUT2D eigenvalue weighted by molar-refractivity contribution is 1.18. The summed E-state index contributed by atoms with van der Waals surface area (Å²) >= 11 is 0. The van der Waals surface area contributed by atoms with E-state index in [1.807, 2.05) is 38.2 Å². The minimum atomic E-state index is 0.411. The molecule has 22 heavy (non-hydrogen) atoms. The summed E-state index contributed by atoms with van der Waals surface area (Å²) < 4.78 is 0. The molecule has 3 aromatic rings. The highest BCUT2D eigenvalue weighted by Crippen LogP contribution is 2.29. The molecule has 0 saturated heterocycles. The minimum Gasteiger partial charge on any atom is -0.265 e. The zero-order valence-corrected chi connectivity index (χ0v) is 12.4. The first-order valence-corrected chi connectivity index (χ1v) is 6.93. The van der Waals surface area contributed by atoms with Crippen molar-refractivity contribution in [2.24, 2.45) is 0 Å². The van der Waals surface area contributed by atoms with Gasteiger partial charge in [-0.3, -0.25) is 9.97 Å². The molecule has 0 bridgehead atoms.